The average molecular weight is 517 g/mol. The van der Waals surface area contributed by atoms with Gasteiger partial charge in [-0.1, -0.05) is 6.07 Å². The van der Waals surface area contributed by atoms with Crippen molar-refractivity contribution < 1.29 is 41.5 Å². The van der Waals surface area contributed by atoms with Crippen molar-refractivity contribution in [3.8, 4) is 0 Å². The molecule has 2 saturated heterocycles. The fourth-order valence-corrected chi connectivity index (χ4v) is 3.79. The lowest BCUT2D eigenvalue weighted by Crippen LogP contribution is -2.56. The molecule has 35 heavy (non-hydrogen) atoms. The number of piperidine rings is 1. The number of urea groups is 1. The van der Waals surface area contributed by atoms with Crippen LogP contribution in [0.5, 0.6) is 0 Å². The molecule has 3 rings (SSSR count). The predicted octanol–water partition coefficient (Wildman–Crippen LogP) is -0.00310. The summed E-state index contributed by atoms with van der Waals surface area (Å²) in [5, 5.41) is 9.68. The van der Waals surface area contributed by atoms with Crippen LogP contribution in [0, 0.1) is 0 Å². The van der Waals surface area contributed by atoms with Crippen molar-refractivity contribution in [1.82, 2.24) is 30.7 Å². The van der Waals surface area contributed by atoms with Crippen LogP contribution < -0.4 is 10.9 Å². The first-order chi connectivity index (χ1) is 16.2. The number of hydrogen-bond acceptors (Lipinski definition) is 8. The molecule has 0 radical (unpaired) electrons. The molecule has 0 saturated carbocycles. The van der Waals surface area contributed by atoms with Crippen molar-refractivity contribution in [3.63, 3.8) is 0 Å². The number of hydroxylamine groups is 2. The second kappa shape index (κ2) is 11.3. The van der Waals surface area contributed by atoms with Crippen LogP contribution >= 0.6 is 0 Å². The highest BCUT2D eigenvalue weighted by Crippen LogP contribution is 2.30. The van der Waals surface area contributed by atoms with Crippen LogP contribution in [0.1, 0.15) is 33.6 Å². The fraction of sp³-hybridized carbons (Fsp3) is 0.526. The van der Waals surface area contributed by atoms with Crippen molar-refractivity contribution in [3.05, 3.63) is 30.6 Å². The van der Waals surface area contributed by atoms with Crippen LogP contribution in [0.4, 0.5) is 9.59 Å². The largest absolute Gasteiger partial charge is 0.465 e. The number of nitrogens with one attached hydrogen (secondary N) is 2. The molecule has 1 aromatic heterocycles. The molecule has 15 nitrogen and oxygen atoms in total. The summed E-state index contributed by atoms with van der Waals surface area (Å²) in [6.07, 6.45) is 2.58. The molecule has 4 N–H and O–H groups in total. The van der Waals surface area contributed by atoms with Crippen LogP contribution in [0.3, 0.4) is 0 Å². The molecule has 0 unspecified atom stereocenters. The van der Waals surface area contributed by atoms with Crippen molar-refractivity contribution in [2.24, 2.45) is 0 Å². The monoisotopic (exact) mass is 516 g/mol. The van der Waals surface area contributed by atoms with Crippen LogP contribution in [0.25, 0.3) is 0 Å². The van der Waals surface area contributed by atoms with Crippen molar-refractivity contribution in [1.29, 1.82) is 0 Å². The highest BCUT2D eigenvalue weighted by molar-refractivity contribution is 7.80. The average Bonchev–Trinajstić information content (AvgIpc) is 3.00. The Hall–Kier alpha value is -3.50. The van der Waals surface area contributed by atoms with Crippen molar-refractivity contribution >= 4 is 34.3 Å². The number of nitrogens with zero attached hydrogens (tertiary/aromatic N) is 4. The zero-order valence-electron chi connectivity index (χ0n) is 19.3. The minimum Gasteiger partial charge on any atom is -0.465 e. The summed E-state index contributed by atoms with van der Waals surface area (Å²) in [5.41, 5.74) is 3.39. The molecular formula is C19H28N6O9S. The lowest BCUT2D eigenvalue weighted by molar-refractivity contribution is -0.132. The lowest BCUT2D eigenvalue weighted by Gasteiger charge is -2.32. The Labute approximate surface area is 201 Å². The van der Waals surface area contributed by atoms with E-state index in [9.17, 15) is 32.7 Å². The Morgan fingerprint density at radius 3 is 2.26 bits per heavy atom. The normalized spacial score (nSPS) is 19.4. The first-order valence-corrected chi connectivity index (χ1v) is 11.8. The summed E-state index contributed by atoms with van der Waals surface area (Å²) < 4.78 is 34.8. The Bertz CT molecular complexity index is 1000. The number of aromatic nitrogens is 1. The van der Waals surface area contributed by atoms with Crippen molar-refractivity contribution in [2.75, 3.05) is 13.1 Å². The van der Waals surface area contributed by atoms with Crippen LogP contribution in [0.2, 0.25) is 0 Å². The van der Waals surface area contributed by atoms with E-state index in [1.165, 1.54) is 0 Å². The van der Waals surface area contributed by atoms with Gasteiger partial charge in [-0.15, -0.1) is 4.28 Å². The number of fused-ring (bicyclic) bond motifs is 2. The van der Waals surface area contributed by atoms with E-state index in [0.717, 1.165) is 9.80 Å². The second-order valence-corrected chi connectivity index (χ2v) is 9.62. The molecule has 3 heterocycles. The smallest absolute Gasteiger partial charge is 0.418 e. The third-order valence-corrected chi connectivity index (χ3v) is 5.38. The van der Waals surface area contributed by atoms with Gasteiger partial charge in [-0.05, 0) is 45.7 Å². The van der Waals surface area contributed by atoms with Crippen LogP contribution in [-0.4, -0.2) is 92.6 Å². The molecule has 2 aliphatic heterocycles. The molecule has 2 atom stereocenters. The SMILES string of the molecule is CC(C)(C)N(CC(=O)NNC(=O)[C@@H]1CC[C@@H]2CN1C(=O)N2OS(=O)(=O)O)C(=O)O.c1ccncc1. The summed E-state index contributed by atoms with van der Waals surface area (Å²) in [5.74, 6) is -1.52. The van der Waals surface area contributed by atoms with Gasteiger partial charge in [-0.25, -0.2) is 9.59 Å². The topological polar surface area (TPSA) is 199 Å². The van der Waals surface area contributed by atoms with E-state index >= 15 is 0 Å². The lowest BCUT2D eigenvalue weighted by atomic mass is 10.0. The van der Waals surface area contributed by atoms with Gasteiger partial charge in [-0.3, -0.25) is 34.9 Å². The van der Waals surface area contributed by atoms with E-state index in [4.69, 9.17) is 4.55 Å². The summed E-state index contributed by atoms with van der Waals surface area (Å²) in [7, 11) is -4.90. The molecule has 1 aromatic rings. The van der Waals surface area contributed by atoms with Gasteiger partial charge in [0.15, 0.2) is 0 Å². The standard InChI is InChI=1S/C14H23N5O9S.C5H5N/c1-14(2,3)18(13(23)24)7-10(20)15-16-11(21)9-5-4-8-6-17(9)12(22)19(8)28-29(25,26)27;1-2-4-6-5-3-1/h8-9H,4-7H2,1-3H3,(H,15,20)(H,16,21)(H,23,24)(H,25,26,27);1-5H/t8-,9+;/m1./s1. The maximum absolute atomic E-state index is 12.4. The Balaban J connectivity index is 0.000000625. The highest BCUT2D eigenvalue weighted by Gasteiger charge is 2.49. The van der Waals surface area contributed by atoms with Gasteiger partial charge in [-0.2, -0.15) is 13.5 Å². The van der Waals surface area contributed by atoms with Crippen LogP contribution in [-0.2, 0) is 24.3 Å². The van der Waals surface area contributed by atoms with Crippen molar-refractivity contribution in [2.45, 2.75) is 51.2 Å². The van der Waals surface area contributed by atoms with Gasteiger partial charge in [0.1, 0.15) is 12.6 Å². The van der Waals surface area contributed by atoms with Gasteiger partial charge >= 0.3 is 22.5 Å². The number of pyridine rings is 1. The highest BCUT2D eigenvalue weighted by atomic mass is 32.3. The summed E-state index contributed by atoms with van der Waals surface area (Å²) in [6, 6.07) is 3.14. The Kier molecular flexibility index (Phi) is 8.94. The predicted molar refractivity (Wildman–Crippen MR) is 118 cm³/mol. The molecule has 2 bridgehead atoms. The van der Waals surface area contributed by atoms with Gasteiger partial charge in [0, 0.05) is 24.5 Å². The molecule has 0 spiro atoms. The molecule has 2 aliphatic rings. The number of hydrazine groups is 1. The Morgan fingerprint density at radius 1 is 1.17 bits per heavy atom. The number of hydrogen-bond donors (Lipinski definition) is 4. The van der Waals surface area contributed by atoms with E-state index in [1.807, 2.05) is 18.2 Å². The fourth-order valence-electron chi connectivity index (χ4n) is 3.41. The van der Waals surface area contributed by atoms with Gasteiger partial charge in [0.25, 0.3) is 11.8 Å². The van der Waals surface area contributed by atoms with Gasteiger partial charge < -0.3 is 10.0 Å². The van der Waals surface area contributed by atoms with E-state index in [1.54, 1.807) is 33.2 Å². The maximum Gasteiger partial charge on any atom is 0.418 e. The zero-order chi connectivity index (χ0) is 26.4. The number of carbonyl (C=O) groups excluding carboxylic acids is 3. The minimum atomic E-state index is -4.90. The second-order valence-electron chi connectivity index (χ2n) is 8.61. The van der Waals surface area contributed by atoms with Gasteiger partial charge in [0.05, 0.1) is 6.04 Å². The number of carboxylic acid groups (broad SMARTS) is 1. The minimum absolute atomic E-state index is 0.00278. The van der Waals surface area contributed by atoms with E-state index in [0.29, 0.717) is 5.06 Å². The Morgan fingerprint density at radius 2 is 1.80 bits per heavy atom. The van der Waals surface area contributed by atoms with Gasteiger partial charge in [0.2, 0.25) is 0 Å². The van der Waals surface area contributed by atoms with E-state index in [2.05, 4.69) is 20.1 Å². The number of carbonyl (C=O) groups is 4. The molecule has 0 aromatic carbocycles. The zero-order valence-corrected chi connectivity index (χ0v) is 20.1. The molecule has 16 heteroatoms. The molecule has 194 valence electrons. The third kappa shape index (κ3) is 8.04. The summed E-state index contributed by atoms with van der Waals surface area (Å²) >= 11 is 0. The first kappa shape index (κ1) is 27.7. The molecule has 2 fully saturated rings. The molecular weight excluding hydrogens is 488 g/mol. The maximum atomic E-state index is 12.4. The third-order valence-electron chi connectivity index (χ3n) is 5.03. The first-order valence-electron chi connectivity index (χ1n) is 10.4. The molecule has 0 aliphatic carbocycles. The van der Waals surface area contributed by atoms with Crippen LogP contribution in [0.15, 0.2) is 30.6 Å². The number of rotatable bonds is 5. The quantitative estimate of drug-likeness (QED) is 0.305. The summed E-state index contributed by atoms with van der Waals surface area (Å²) in [6.45, 7) is 4.28. The molecule has 5 amide bonds. The van der Waals surface area contributed by atoms with E-state index in [-0.39, 0.29) is 19.4 Å². The number of amides is 5. The van der Waals surface area contributed by atoms with E-state index < -0.39 is 58.5 Å². The summed E-state index contributed by atoms with van der Waals surface area (Å²) in [4.78, 5) is 53.6.